The molecular weight excluding hydrogens is 378 g/mol. The van der Waals surface area contributed by atoms with E-state index < -0.39 is 0 Å². The molecule has 0 aliphatic rings. The Kier molecular flexibility index (Phi) is 4.91. The van der Waals surface area contributed by atoms with Crippen molar-refractivity contribution in [2.75, 3.05) is 5.32 Å². The first-order valence-corrected chi connectivity index (χ1v) is 10.1. The van der Waals surface area contributed by atoms with Gasteiger partial charge in [-0.1, -0.05) is 47.4 Å². The number of fused-ring (bicyclic) bond motifs is 1. The summed E-state index contributed by atoms with van der Waals surface area (Å²) < 4.78 is 0.813. The summed E-state index contributed by atoms with van der Waals surface area (Å²) in [6, 6.07) is 15.4. The Bertz CT molecular complexity index is 1150. The number of nitrogens with one attached hydrogen (secondary N) is 2. The van der Waals surface area contributed by atoms with Gasteiger partial charge in [0.15, 0.2) is 4.34 Å². The second-order valence-electron chi connectivity index (χ2n) is 6.10. The molecule has 1 atom stereocenters. The van der Waals surface area contributed by atoms with Crippen molar-refractivity contribution in [3.05, 3.63) is 70.3 Å². The minimum absolute atomic E-state index is 0.0536. The van der Waals surface area contributed by atoms with E-state index in [1.807, 2.05) is 50.2 Å². The van der Waals surface area contributed by atoms with Gasteiger partial charge in [0, 0.05) is 5.69 Å². The minimum Gasteiger partial charge on any atom is -0.330 e. The molecular formula is C19H17N5OS2. The Hall–Kier alpha value is -2.71. The van der Waals surface area contributed by atoms with Gasteiger partial charge in [0.05, 0.1) is 16.2 Å². The van der Waals surface area contributed by atoms with Crippen LogP contribution in [0.15, 0.2) is 57.7 Å². The van der Waals surface area contributed by atoms with Gasteiger partial charge in [0.25, 0.3) is 5.56 Å². The molecule has 6 nitrogen and oxygen atoms in total. The van der Waals surface area contributed by atoms with Crippen molar-refractivity contribution in [3.8, 4) is 0 Å². The first-order chi connectivity index (χ1) is 13.1. The molecule has 0 aliphatic heterocycles. The number of rotatable bonds is 5. The van der Waals surface area contributed by atoms with Crippen LogP contribution >= 0.6 is 23.1 Å². The molecule has 27 heavy (non-hydrogen) atoms. The van der Waals surface area contributed by atoms with Gasteiger partial charge in [-0.25, -0.2) is 4.98 Å². The SMILES string of the molecule is Cc1cccc(Nc2nnc(S[C@H](C)c3nc4ccccc4c(=O)[nH]3)s2)c1. The Morgan fingerprint density at radius 3 is 2.85 bits per heavy atom. The van der Waals surface area contributed by atoms with Crippen molar-refractivity contribution in [1.82, 2.24) is 20.2 Å². The number of aryl methyl sites for hydroxylation is 1. The van der Waals surface area contributed by atoms with E-state index in [1.165, 1.54) is 28.7 Å². The molecule has 0 amide bonds. The Labute approximate surface area is 164 Å². The second-order valence-corrected chi connectivity index (χ2v) is 8.66. The summed E-state index contributed by atoms with van der Waals surface area (Å²) in [5, 5.41) is 13.0. The number of aromatic nitrogens is 4. The fourth-order valence-corrected chi connectivity index (χ4v) is 4.63. The molecule has 0 radical (unpaired) electrons. The van der Waals surface area contributed by atoms with E-state index >= 15 is 0 Å². The van der Waals surface area contributed by atoms with Gasteiger partial charge < -0.3 is 10.3 Å². The van der Waals surface area contributed by atoms with E-state index in [0.717, 1.165) is 15.2 Å². The second kappa shape index (κ2) is 7.50. The van der Waals surface area contributed by atoms with Crippen molar-refractivity contribution in [2.45, 2.75) is 23.4 Å². The number of para-hydroxylation sites is 1. The zero-order valence-electron chi connectivity index (χ0n) is 14.8. The van der Waals surface area contributed by atoms with E-state index in [-0.39, 0.29) is 10.8 Å². The third kappa shape index (κ3) is 4.01. The molecule has 0 unspecified atom stereocenters. The van der Waals surface area contributed by atoms with Gasteiger partial charge in [-0.15, -0.1) is 10.2 Å². The number of thioether (sulfide) groups is 1. The van der Waals surface area contributed by atoms with Crippen LogP contribution in [-0.4, -0.2) is 20.2 Å². The summed E-state index contributed by atoms with van der Waals surface area (Å²) in [4.78, 5) is 19.7. The van der Waals surface area contributed by atoms with Crippen LogP contribution in [0, 0.1) is 6.92 Å². The van der Waals surface area contributed by atoms with Gasteiger partial charge in [-0.3, -0.25) is 4.79 Å². The maximum Gasteiger partial charge on any atom is 0.258 e. The third-order valence-corrected chi connectivity index (χ3v) is 6.00. The standard InChI is InChI=1S/C19H17N5OS2/c1-11-6-5-7-13(10-11)20-18-23-24-19(27-18)26-12(2)16-21-15-9-4-3-8-14(15)17(25)22-16/h3-10,12H,1-2H3,(H,20,23)(H,21,22,25)/t12-/m1/s1. The fourth-order valence-electron chi connectivity index (χ4n) is 2.66. The average Bonchev–Trinajstić information content (AvgIpc) is 3.08. The number of aromatic amines is 1. The minimum atomic E-state index is -0.123. The lowest BCUT2D eigenvalue weighted by Crippen LogP contribution is -2.12. The van der Waals surface area contributed by atoms with Crippen LogP contribution in [0.1, 0.15) is 23.6 Å². The first kappa shape index (κ1) is 17.7. The summed E-state index contributed by atoms with van der Waals surface area (Å²) in [7, 11) is 0. The smallest absolute Gasteiger partial charge is 0.258 e. The molecule has 136 valence electrons. The van der Waals surface area contributed by atoms with Crippen molar-refractivity contribution in [3.63, 3.8) is 0 Å². The largest absolute Gasteiger partial charge is 0.330 e. The fraction of sp³-hybridized carbons (Fsp3) is 0.158. The van der Waals surface area contributed by atoms with Crippen LogP contribution in [0.25, 0.3) is 10.9 Å². The average molecular weight is 396 g/mol. The van der Waals surface area contributed by atoms with Crippen molar-refractivity contribution in [2.24, 2.45) is 0 Å². The van der Waals surface area contributed by atoms with Crippen LogP contribution in [0.5, 0.6) is 0 Å². The summed E-state index contributed by atoms with van der Waals surface area (Å²) in [5.74, 6) is 0.632. The van der Waals surface area contributed by atoms with Crippen LogP contribution in [0.2, 0.25) is 0 Å². The highest BCUT2D eigenvalue weighted by molar-refractivity contribution is 8.01. The van der Waals surface area contributed by atoms with Crippen LogP contribution in [-0.2, 0) is 0 Å². The molecule has 0 saturated carbocycles. The van der Waals surface area contributed by atoms with E-state index in [9.17, 15) is 4.79 Å². The number of benzene rings is 2. The lowest BCUT2D eigenvalue weighted by atomic mass is 10.2. The summed E-state index contributed by atoms with van der Waals surface area (Å²) in [5.41, 5.74) is 2.74. The van der Waals surface area contributed by atoms with Gasteiger partial charge in [-0.2, -0.15) is 0 Å². The van der Waals surface area contributed by atoms with Crippen molar-refractivity contribution < 1.29 is 0 Å². The van der Waals surface area contributed by atoms with E-state index in [0.29, 0.717) is 16.7 Å². The quantitative estimate of drug-likeness (QED) is 0.477. The number of hydrogen-bond acceptors (Lipinski definition) is 7. The summed E-state index contributed by atoms with van der Waals surface area (Å²) >= 11 is 2.99. The molecule has 0 bridgehead atoms. The van der Waals surface area contributed by atoms with Crippen molar-refractivity contribution >= 4 is 44.8 Å². The summed E-state index contributed by atoms with van der Waals surface area (Å²) in [6.07, 6.45) is 0. The number of H-pyrrole nitrogens is 1. The van der Waals surface area contributed by atoms with Crippen LogP contribution in [0.4, 0.5) is 10.8 Å². The molecule has 2 aromatic heterocycles. The molecule has 0 saturated heterocycles. The maximum absolute atomic E-state index is 12.3. The normalized spacial score (nSPS) is 12.2. The molecule has 0 fully saturated rings. The molecule has 0 spiro atoms. The highest BCUT2D eigenvalue weighted by atomic mass is 32.2. The van der Waals surface area contributed by atoms with Crippen LogP contribution < -0.4 is 10.9 Å². The predicted molar refractivity (Wildman–Crippen MR) is 111 cm³/mol. The highest BCUT2D eigenvalue weighted by Crippen LogP contribution is 2.36. The van der Waals surface area contributed by atoms with E-state index in [1.54, 1.807) is 6.07 Å². The number of nitrogens with zero attached hydrogens (tertiary/aromatic N) is 3. The lowest BCUT2D eigenvalue weighted by molar-refractivity contribution is 0.916. The topological polar surface area (TPSA) is 83.6 Å². The molecule has 4 aromatic rings. The molecule has 0 aliphatic carbocycles. The summed E-state index contributed by atoms with van der Waals surface area (Å²) in [6.45, 7) is 4.04. The van der Waals surface area contributed by atoms with Gasteiger partial charge in [0.2, 0.25) is 5.13 Å². The first-order valence-electron chi connectivity index (χ1n) is 8.41. The Balaban J connectivity index is 1.51. The van der Waals surface area contributed by atoms with Gasteiger partial charge in [-0.05, 0) is 43.7 Å². The predicted octanol–water partition coefficient (Wildman–Crippen LogP) is 4.68. The Morgan fingerprint density at radius 2 is 2.00 bits per heavy atom. The third-order valence-electron chi connectivity index (χ3n) is 3.97. The van der Waals surface area contributed by atoms with E-state index in [4.69, 9.17) is 0 Å². The molecule has 2 heterocycles. The lowest BCUT2D eigenvalue weighted by Gasteiger charge is -2.08. The zero-order chi connectivity index (χ0) is 18.8. The van der Waals surface area contributed by atoms with Crippen LogP contribution in [0.3, 0.4) is 0 Å². The number of anilines is 2. The molecule has 2 aromatic carbocycles. The Morgan fingerprint density at radius 1 is 1.15 bits per heavy atom. The van der Waals surface area contributed by atoms with E-state index in [2.05, 4.69) is 31.5 Å². The zero-order valence-corrected chi connectivity index (χ0v) is 16.4. The van der Waals surface area contributed by atoms with Gasteiger partial charge in [0.1, 0.15) is 5.82 Å². The molecule has 4 rings (SSSR count). The number of hydrogen-bond donors (Lipinski definition) is 2. The van der Waals surface area contributed by atoms with Gasteiger partial charge >= 0.3 is 0 Å². The van der Waals surface area contributed by atoms with Crippen molar-refractivity contribution in [1.29, 1.82) is 0 Å². The highest BCUT2D eigenvalue weighted by Gasteiger charge is 2.15. The molecule has 8 heteroatoms. The monoisotopic (exact) mass is 395 g/mol. The maximum atomic E-state index is 12.3. The molecule has 2 N–H and O–H groups in total.